The summed E-state index contributed by atoms with van der Waals surface area (Å²) in [5, 5.41) is 8.09. The Morgan fingerprint density at radius 1 is 1.13 bits per heavy atom. The van der Waals surface area contributed by atoms with Gasteiger partial charge in [-0.2, -0.15) is 5.10 Å². The van der Waals surface area contributed by atoms with Crippen molar-refractivity contribution in [2.45, 2.75) is 69.5 Å². The first-order chi connectivity index (χ1) is 15.2. The number of halogens is 1. The van der Waals surface area contributed by atoms with Gasteiger partial charge in [0, 0.05) is 23.7 Å². The minimum atomic E-state index is -0.352. The smallest absolute Gasteiger partial charge is 0.218 e. The SMILES string of the molecule is Fc1cnc2c(c1)CN1c3nc4c(cnn4cc3O[C@H]3CCC[C@H]31)CN[C@H]1C[C@H](C1)O2. The van der Waals surface area contributed by atoms with Gasteiger partial charge in [-0.1, -0.05) is 0 Å². The number of anilines is 1. The Morgan fingerprint density at radius 2 is 2.06 bits per heavy atom. The molecule has 1 N–H and O–H groups in total. The molecule has 3 aliphatic heterocycles. The summed E-state index contributed by atoms with van der Waals surface area (Å²) >= 11 is 0. The van der Waals surface area contributed by atoms with Crippen molar-refractivity contribution in [3.63, 3.8) is 0 Å². The van der Waals surface area contributed by atoms with Gasteiger partial charge in [0.05, 0.1) is 31.2 Å². The number of hydrogen-bond acceptors (Lipinski definition) is 7. The largest absolute Gasteiger partial charge is 0.483 e. The van der Waals surface area contributed by atoms with E-state index >= 15 is 0 Å². The van der Waals surface area contributed by atoms with Crippen LogP contribution in [0.15, 0.2) is 24.7 Å². The number of aromatic nitrogens is 4. The number of rotatable bonds is 0. The molecule has 9 heteroatoms. The first-order valence-electron chi connectivity index (χ1n) is 11.1. The van der Waals surface area contributed by atoms with E-state index in [1.807, 2.05) is 12.4 Å². The fourth-order valence-electron chi connectivity index (χ4n) is 5.37. The molecular formula is C22H23FN6O2. The molecule has 0 spiro atoms. The van der Waals surface area contributed by atoms with Crippen LogP contribution in [0.5, 0.6) is 11.6 Å². The molecule has 0 saturated heterocycles. The molecule has 0 unspecified atom stereocenters. The van der Waals surface area contributed by atoms with E-state index in [9.17, 15) is 4.39 Å². The molecule has 8 nitrogen and oxygen atoms in total. The second kappa shape index (κ2) is 6.53. The van der Waals surface area contributed by atoms with Crippen molar-refractivity contribution in [1.82, 2.24) is 24.9 Å². The first kappa shape index (κ1) is 17.7. The van der Waals surface area contributed by atoms with Crippen LogP contribution in [-0.2, 0) is 13.1 Å². The lowest BCUT2D eigenvalue weighted by atomic mass is 9.89. The number of ether oxygens (including phenoxy) is 2. The van der Waals surface area contributed by atoms with Crippen molar-refractivity contribution < 1.29 is 13.9 Å². The third kappa shape index (κ3) is 2.79. The lowest BCUT2D eigenvalue weighted by Crippen LogP contribution is -2.48. The molecule has 5 aliphatic rings. The van der Waals surface area contributed by atoms with E-state index in [1.54, 1.807) is 10.6 Å². The number of nitrogens with one attached hydrogen (secondary N) is 1. The van der Waals surface area contributed by atoms with Crippen LogP contribution in [0.25, 0.3) is 5.65 Å². The van der Waals surface area contributed by atoms with Crippen LogP contribution in [0.3, 0.4) is 0 Å². The minimum absolute atomic E-state index is 0.0970. The van der Waals surface area contributed by atoms with Gasteiger partial charge < -0.3 is 19.7 Å². The molecule has 2 aliphatic carbocycles. The molecule has 3 aromatic rings. The summed E-state index contributed by atoms with van der Waals surface area (Å²) in [6, 6.07) is 2.12. The van der Waals surface area contributed by atoms with E-state index < -0.39 is 0 Å². The fourth-order valence-corrected chi connectivity index (χ4v) is 5.37. The lowest BCUT2D eigenvalue weighted by molar-refractivity contribution is 0.0784. The van der Waals surface area contributed by atoms with Gasteiger partial charge in [0.2, 0.25) is 5.88 Å². The van der Waals surface area contributed by atoms with Gasteiger partial charge in [0.25, 0.3) is 0 Å². The Bertz CT molecular complexity index is 1180. The van der Waals surface area contributed by atoms with Crippen molar-refractivity contribution in [1.29, 1.82) is 0 Å². The minimum Gasteiger partial charge on any atom is -0.483 e. The topological polar surface area (TPSA) is 76.8 Å². The summed E-state index contributed by atoms with van der Waals surface area (Å²) in [5.41, 5.74) is 2.64. The summed E-state index contributed by atoms with van der Waals surface area (Å²) in [5.74, 6) is 1.68. The van der Waals surface area contributed by atoms with Gasteiger partial charge >= 0.3 is 0 Å². The van der Waals surface area contributed by atoms with Crippen LogP contribution in [0.4, 0.5) is 10.2 Å². The van der Waals surface area contributed by atoms with Crippen LogP contribution >= 0.6 is 0 Å². The van der Waals surface area contributed by atoms with Crippen LogP contribution in [0.1, 0.15) is 43.2 Å². The second-order valence-corrected chi connectivity index (χ2v) is 9.06. The highest BCUT2D eigenvalue weighted by Crippen LogP contribution is 2.42. The normalized spacial score (nSPS) is 28.9. The van der Waals surface area contributed by atoms with Crippen LogP contribution < -0.4 is 19.7 Å². The molecule has 8 rings (SSSR count). The van der Waals surface area contributed by atoms with Gasteiger partial charge in [0.15, 0.2) is 17.2 Å². The first-order valence-corrected chi connectivity index (χ1v) is 11.1. The van der Waals surface area contributed by atoms with Gasteiger partial charge in [0.1, 0.15) is 18.0 Å². The van der Waals surface area contributed by atoms with Gasteiger partial charge in [-0.05, 0) is 38.2 Å². The molecule has 3 aromatic heterocycles. The Labute approximate surface area is 178 Å². The van der Waals surface area contributed by atoms with Crippen LogP contribution in [0, 0.1) is 5.82 Å². The van der Waals surface area contributed by atoms with E-state index in [1.165, 1.54) is 6.20 Å². The third-order valence-corrected chi connectivity index (χ3v) is 7.07. The molecule has 4 bridgehead atoms. The number of fused-ring (bicyclic) bond motifs is 2. The summed E-state index contributed by atoms with van der Waals surface area (Å²) in [6.07, 6.45) is 10.2. The zero-order valence-electron chi connectivity index (χ0n) is 17.0. The van der Waals surface area contributed by atoms with E-state index in [2.05, 4.69) is 20.3 Å². The molecule has 6 heterocycles. The Morgan fingerprint density at radius 3 is 3.00 bits per heavy atom. The zero-order chi connectivity index (χ0) is 20.5. The second-order valence-electron chi connectivity index (χ2n) is 9.06. The molecular weight excluding hydrogens is 399 g/mol. The van der Waals surface area contributed by atoms with E-state index in [-0.39, 0.29) is 24.1 Å². The molecule has 0 amide bonds. The molecule has 0 aromatic carbocycles. The molecule has 2 atom stereocenters. The summed E-state index contributed by atoms with van der Waals surface area (Å²) in [7, 11) is 0. The molecule has 31 heavy (non-hydrogen) atoms. The standard InChI is InChI=1S/C22H23FN6O2/c23-14-4-12-10-28-17-2-1-3-18(17)31-19-11-29-20(27-21(19)28)13(8-26-29)7-24-15-5-16(6-15)30-22(12)25-9-14/h4,8-9,11,15-18,24H,1-3,5-7,10H2/t15-,16+,17-,18+/m1/s1. The maximum Gasteiger partial charge on any atom is 0.218 e. The number of pyridine rings is 1. The Balaban J connectivity index is 1.40. The number of hydrogen-bond donors (Lipinski definition) is 1. The summed E-state index contributed by atoms with van der Waals surface area (Å²) in [6.45, 7) is 1.19. The predicted octanol–water partition coefficient (Wildman–Crippen LogP) is 2.60. The van der Waals surface area contributed by atoms with Gasteiger partial charge in [-0.3, -0.25) is 0 Å². The van der Waals surface area contributed by atoms with Crippen molar-refractivity contribution >= 4 is 11.5 Å². The molecule has 160 valence electrons. The fraction of sp³-hybridized carbons (Fsp3) is 0.500. The summed E-state index contributed by atoms with van der Waals surface area (Å²) in [4.78, 5) is 11.6. The quantitative estimate of drug-likeness (QED) is 0.597. The average Bonchev–Trinajstić information content (AvgIpc) is 3.35. The highest BCUT2D eigenvalue weighted by molar-refractivity contribution is 5.62. The molecule has 2 fully saturated rings. The van der Waals surface area contributed by atoms with E-state index in [0.717, 1.165) is 60.4 Å². The van der Waals surface area contributed by atoms with Crippen LogP contribution in [-0.4, -0.2) is 43.9 Å². The van der Waals surface area contributed by atoms with Crippen molar-refractivity contribution in [2.24, 2.45) is 0 Å². The molecule has 0 radical (unpaired) electrons. The average molecular weight is 422 g/mol. The third-order valence-electron chi connectivity index (χ3n) is 7.07. The lowest BCUT2D eigenvalue weighted by Gasteiger charge is -2.40. The van der Waals surface area contributed by atoms with E-state index in [0.29, 0.717) is 25.0 Å². The van der Waals surface area contributed by atoms with Gasteiger partial charge in [-0.25, -0.2) is 18.9 Å². The highest BCUT2D eigenvalue weighted by atomic mass is 19.1. The maximum absolute atomic E-state index is 14.2. The summed E-state index contributed by atoms with van der Waals surface area (Å²) < 4.78 is 28.5. The zero-order valence-corrected chi connectivity index (χ0v) is 17.0. The number of nitrogens with zero attached hydrogens (tertiary/aromatic N) is 5. The monoisotopic (exact) mass is 422 g/mol. The maximum atomic E-state index is 14.2. The highest BCUT2D eigenvalue weighted by Gasteiger charge is 2.41. The van der Waals surface area contributed by atoms with Crippen molar-refractivity contribution in [3.05, 3.63) is 41.6 Å². The van der Waals surface area contributed by atoms with Crippen molar-refractivity contribution in [2.75, 3.05) is 4.90 Å². The Kier molecular flexibility index (Phi) is 3.73. The van der Waals surface area contributed by atoms with Crippen molar-refractivity contribution in [3.8, 4) is 11.6 Å². The van der Waals surface area contributed by atoms with Gasteiger partial charge in [-0.15, -0.1) is 0 Å². The predicted molar refractivity (Wildman–Crippen MR) is 110 cm³/mol. The molecule has 2 saturated carbocycles. The van der Waals surface area contributed by atoms with Crippen LogP contribution in [0.2, 0.25) is 0 Å². The van der Waals surface area contributed by atoms with E-state index in [4.69, 9.17) is 14.5 Å². The Hall–Kier alpha value is -2.94.